The van der Waals surface area contributed by atoms with Gasteiger partial charge in [0, 0.05) is 5.69 Å². The van der Waals surface area contributed by atoms with Gasteiger partial charge in [0.05, 0.1) is 28.2 Å². The molecule has 176 valence electrons. The van der Waals surface area contributed by atoms with Gasteiger partial charge in [-0.05, 0) is 65.7 Å². The number of amides is 2. The van der Waals surface area contributed by atoms with Crippen molar-refractivity contribution in [3.63, 3.8) is 0 Å². The highest BCUT2D eigenvalue weighted by Gasteiger charge is 2.37. The molecule has 0 aromatic heterocycles. The number of fused-ring (bicyclic) bond motifs is 3. The first-order chi connectivity index (χ1) is 18.2. The second-order valence-corrected chi connectivity index (χ2v) is 8.96. The summed E-state index contributed by atoms with van der Waals surface area (Å²) in [6.07, 6.45) is 0. The van der Waals surface area contributed by atoms with Crippen LogP contribution in [0.4, 0.5) is 22.7 Å². The van der Waals surface area contributed by atoms with Gasteiger partial charge in [-0.3, -0.25) is 9.59 Å². The predicted octanol–water partition coefficient (Wildman–Crippen LogP) is 7.73. The largest absolute Gasteiger partial charge is 0.453 e. The highest BCUT2D eigenvalue weighted by atomic mass is 16.5. The summed E-state index contributed by atoms with van der Waals surface area (Å²) >= 11 is 0. The van der Waals surface area contributed by atoms with E-state index in [1.807, 2.05) is 109 Å². The average Bonchev–Trinajstić information content (AvgIpc) is 3.21. The molecule has 0 bridgehead atoms. The highest BCUT2D eigenvalue weighted by Crippen LogP contribution is 2.50. The van der Waals surface area contributed by atoms with Crippen LogP contribution in [0.5, 0.6) is 11.5 Å². The molecule has 0 radical (unpaired) electrons. The van der Waals surface area contributed by atoms with Crippen molar-refractivity contribution in [1.82, 2.24) is 0 Å². The summed E-state index contributed by atoms with van der Waals surface area (Å²) in [6.45, 7) is 0. The van der Waals surface area contributed by atoms with E-state index in [-0.39, 0.29) is 11.8 Å². The molecule has 0 saturated heterocycles. The minimum atomic E-state index is -0.322. The van der Waals surface area contributed by atoms with Gasteiger partial charge in [-0.2, -0.15) is 0 Å². The first-order valence-corrected chi connectivity index (χ1v) is 12.0. The SMILES string of the molecule is O=C1c2ccc(-c3ccccc3)cc2C(=O)N1c1cccc(N2c3ccccc3Oc3ccccc32)c1. The summed E-state index contributed by atoms with van der Waals surface area (Å²) in [6, 6.07) is 38.4. The van der Waals surface area contributed by atoms with E-state index in [0.29, 0.717) is 16.8 Å². The maximum Gasteiger partial charge on any atom is 0.266 e. The number of para-hydroxylation sites is 4. The molecule has 7 rings (SSSR count). The van der Waals surface area contributed by atoms with Crippen LogP contribution >= 0.6 is 0 Å². The normalized spacial score (nSPS) is 13.6. The summed E-state index contributed by atoms with van der Waals surface area (Å²) < 4.78 is 6.12. The fraction of sp³-hybridized carbons (Fsp3) is 0. The van der Waals surface area contributed by atoms with E-state index >= 15 is 0 Å². The predicted molar refractivity (Wildman–Crippen MR) is 144 cm³/mol. The molecular weight excluding hydrogens is 460 g/mol. The zero-order valence-corrected chi connectivity index (χ0v) is 19.7. The number of anilines is 4. The summed E-state index contributed by atoms with van der Waals surface area (Å²) in [5.74, 6) is 0.832. The third kappa shape index (κ3) is 3.32. The van der Waals surface area contributed by atoms with Gasteiger partial charge in [0.25, 0.3) is 11.8 Å². The average molecular weight is 481 g/mol. The standard InChI is InChI=1S/C32H20N2O3/c35-31-25-18-17-22(21-9-2-1-3-10-21)19-26(25)32(36)34(31)24-12-8-11-23(20-24)33-27-13-4-6-15-29(27)37-30-16-7-5-14-28(30)33/h1-20H. The molecule has 5 aromatic rings. The van der Waals surface area contributed by atoms with Gasteiger partial charge in [0.15, 0.2) is 11.5 Å². The number of ether oxygens (including phenoxy) is 1. The Morgan fingerprint density at radius 2 is 1.05 bits per heavy atom. The molecule has 0 unspecified atom stereocenters. The minimum Gasteiger partial charge on any atom is -0.453 e. The monoisotopic (exact) mass is 480 g/mol. The Morgan fingerprint density at radius 3 is 1.76 bits per heavy atom. The van der Waals surface area contributed by atoms with Crippen LogP contribution in [0, 0.1) is 0 Å². The van der Waals surface area contributed by atoms with Gasteiger partial charge in [0.2, 0.25) is 0 Å². The zero-order chi connectivity index (χ0) is 24.9. The molecule has 5 aromatic carbocycles. The summed E-state index contributed by atoms with van der Waals surface area (Å²) in [7, 11) is 0. The highest BCUT2D eigenvalue weighted by molar-refractivity contribution is 6.34. The van der Waals surface area contributed by atoms with Crippen molar-refractivity contribution in [3.05, 3.63) is 132 Å². The topological polar surface area (TPSA) is 49.9 Å². The summed E-state index contributed by atoms with van der Waals surface area (Å²) in [5, 5.41) is 0. The molecule has 2 heterocycles. The maximum atomic E-state index is 13.5. The molecule has 2 amide bonds. The van der Waals surface area contributed by atoms with Crippen LogP contribution in [0.25, 0.3) is 11.1 Å². The van der Waals surface area contributed by atoms with Crippen molar-refractivity contribution in [1.29, 1.82) is 0 Å². The van der Waals surface area contributed by atoms with Gasteiger partial charge in [-0.15, -0.1) is 0 Å². The minimum absolute atomic E-state index is 0.320. The molecule has 0 saturated carbocycles. The number of rotatable bonds is 3. The fourth-order valence-electron chi connectivity index (χ4n) is 5.04. The van der Waals surface area contributed by atoms with E-state index < -0.39 is 0 Å². The lowest BCUT2D eigenvalue weighted by Crippen LogP contribution is -2.29. The lowest BCUT2D eigenvalue weighted by Gasteiger charge is -2.33. The number of nitrogens with zero attached hydrogens (tertiary/aromatic N) is 2. The Bertz CT molecular complexity index is 1670. The van der Waals surface area contributed by atoms with Gasteiger partial charge >= 0.3 is 0 Å². The molecule has 2 aliphatic heterocycles. The Kier molecular flexibility index (Phi) is 4.69. The van der Waals surface area contributed by atoms with Crippen LogP contribution in [0.3, 0.4) is 0 Å². The van der Waals surface area contributed by atoms with Crippen molar-refractivity contribution in [3.8, 4) is 22.6 Å². The van der Waals surface area contributed by atoms with Crippen LogP contribution in [-0.4, -0.2) is 11.8 Å². The summed E-state index contributed by atoms with van der Waals surface area (Å²) in [5.41, 5.74) is 5.83. The Hall–Kier alpha value is -5.16. The molecular formula is C32H20N2O3. The second-order valence-electron chi connectivity index (χ2n) is 8.96. The van der Waals surface area contributed by atoms with E-state index in [0.717, 1.165) is 39.7 Å². The number of benzene rings is 5. The van der Waals surface area contributed by atoms with E-state index in [1.165, 1.54) is 4.90 Å². The molecule has 0 fully saturated rings. The number of hydrogen-bond acceptors (Lipinski definition) is 4. The lowest BCUT2D eigenvalue weighted by atomic mass is 10.0. The second kappa shape index (κ2) is 8.21. The van der Waals surface area contributed by atoms with E-state index in [1.54, 1.807) is 12.1 Å². The maximum absolute atomic E-state index is 13.5. The van der Waals surface area contributed by atoms with Crippen LogP contribution in [0.2, 0.25) is 0 Å². The van der Waals surface area contributed by atoms with Crippen molar-refractivity contribution in [2.24, 2.45) is 0 Å². The van der Waals surface area contributed by atoms with Crippen LogP contribution in [-0.2, 0) is 0 Å². The van der Waals surface area contributed by atoms with Crippen molar-refractivity contribution >= 4 is 34.6 Å². The van der Waals surface area contributed by atoms with Crippen molar-refractivity contribution in [2.45, 2.75) is 0 Å². The van der Waals surface area contributed by atoms with E-state index in [4.69, 9.17) is 4.74 Å². The molecule has 2 aliphatic rings. The molecule has 37 heavy (non-hydrogen) atoms. The Labute approximate surface area is 213 Å². The molecule has 5 nitrogen and oxygen atoms in total. The quantitative estimate of drug-likeness (QED) is 0.243. The molecule has 0 aliphatic carbocycles. The number of imide groups is 1. The molecule has 0 atom stereocenters. The first kappa shape index (κ1) is 21.1. The third-order valence-corrected chi connectivity index (χ3v) is 6.77. The van der Waals surface area contributed by atoms with E-state index in [2.05, 4.69) is 4.90 Å². The van der Waals surface area contributed by atoms with Crippen molar-refractivity contribution < 1.29 is 14.3 Å². The third-order valence-electron chi connectivity index (χ3n) is 6.77. The first-order valence-electron chi connectivity index (χ1n) is 12.0. The fourth-order valence-corrected chi connectivity index (χ4v) is 5.04. The van der Waals surface area contributed by atoms with Crippen LogP contribution in [0.15, 0.2) is 121 Å². The smallest absolute Gasteiger partial charge is 0.266 e. The van der Waals surface area contributed by atoms with Crippen LogP contribution in [0.1, 0.15) is 20.7 Å². The lowest BCUT2D eigenvalue weighted by molar-refractivity contribution is 0.0926. The number of hydrogen-bond donors (Lipinski definition) is 0. The number of carbonyl (C=O) groups excluding carboxylic acids is 2. The van der Waals surface area contributed by atoms with Crippen LogP contribution < -0.4 is 14.5 Å². The van der Waals surface area contributed by atoms with Gasteiger partial charge in [-0.25, -0.2) is 4.90 Å². The van der Waals surface area contributed by atoms with Gasteiger partial charge in [0.1, 0.15) is 0 Å². The van der Waals surface area contributed by atoms with Gasteiger partial charge in [-0.1, -0.05) is 66.7 Å². The molecule has 5 heteroatoms. The summed E-state index contributed by atoms with van der Waals surface area (Å²) in [4.78, 5) is 30.3. The van der Waals surface area contributed by atoms with E-state index in [9.17, 15) is 9.59 Å². The Balaban J connectivity index is 1.30. The Morgan fingerprint density at radius 1 is 0.459 bits per heavy atom. The zero-order valence-electron chi connectivity index (χ0n) is 19.7. The molecule has 0 N–H and O–H groups in total. The van der Waals surface area contributed by atoms with Crippen molar-refractivity contribution in [2.75, 3.05) is 9.80 Å². The molecule has 0 spiro atoms. The van der Waals surface area contributed by atoms with Gasteiger partial charge < -0.3 is 9.64 Å². The number of carbonyl (C=O) groups is 2.